The zero-order chi connectivity index (χ0) is 16.2. The Labute approximate surface area is 129 Å². The van der Waals surface area contributed by atoms with Crippen molar-refractivity contribution in [3.63, 3.8) is 0 Å². The molecule has 6 nitrogen and oxygen atoms in total. The monoisotopic (exact) mass is 323 g/mol. The molecular weight excluding hydrogens is 306 g/mol. The van der Waals surface area contributed by atoms with Gasteiger partial charge in [-0.1, -0.05) is 30.3 Å². The molecule has 0 aliphatic heterocycles. The van der Waals surface area contributed by atoms with Crippen molar-refractivity contribution in [3.05, 3.63) is 59.7 Å². The second-order valence-electron chi connectivity index (χ2n) is 4.75. The maximum absolute atomic E-state index is 11.0. The van der Waals surface area contributed by atoms with Gasteiger partial charge < -0.3 is 10.5 Å². The highest BCUT2D eigenvalue weighted by atomic mass is 32.3. The molecule has 0 aliphatic carbocycles. The lowest BCUT2D eigenvalue weighted by Gasteiger charge is -2.17. The van der Waals surface area contributed by atoms with E-state index in [-0.39, 0.29) is 6.61 Å². The van der Waals surface area contributed by atoms with Crippen LogP contribution in [-0.2, 0) is 14.6 Å². The maximum atomic E-state index is 11.0. The van der Waals surface area contributed by atoms with Gasteiger partial charge in [-0.15, -0.1) is 0 Å². The molecule has 0 aliphatic rings. The Hall–Kier alpha value is -2.09. The van der Waals surface area contributed by atoms with Crippen LogP contribution in [0.15, 0.2) is 48.5 Å². The summed E-state index contributed by atoms with van der Waals surface area (Å²) in [7, 11) is -4.59. The van der Waals surface area contributed by atoms with Crippen LogP contribution >= 0.6 is 0 Å². The van der Waals surface area contributed by atoms with E-state index in [2.05, 4.69) is 4.18 Å². The number of nitrogen functional groups attached to an aromatic ring is 1. The lowest BCUT2D eigenvalue weighted by molar-refractivity contribution is 0.120. The molecule has 0 spiro atoms. The van der Waals surface area contributed by atoms with Crippen molar-refractivity contribution >= 4 is 16.1 Å². The van der Waals surface area contributed by atoms with Crippen molar-refractivity contribution in [2.75, 3.05) is 12.3 Å². The minimum atomic E-state index is -4.59. The average Bonchev–Trinajstić information content (AvgIpc) is 2.47. The van der Waals surface area contributed by atoms with E-state index in [0.29, 0.717) is 17.0 Å². The molecule has 0 radical (unpaired) electrons. The summed E-state index contributed by atoms with van der Waals surface area (Å²) >= 11 is 0. The summed E-state index contributed by atoms with van der Waals surface area (Å²) in [5.41, 5.74) is 7.79. The van der Waals surface area contributed by atoms with E-state index in [4.69, 9.17) is 15.0 Å². The van der Waals surface area contributed by atoms with E-state index >= 15 is 0 Å². The molecule has 2 rings (SSSR count). The first-order valence-corrected chi connectivity index (χ1v) is 7.91. The third-order valence-corrected chi connectivity index (χ3v) is 3.53. The van der Waals surface area contributed by atoms with E-state index < -0.39 is 16.5 Å². The second kappa shape index (κ2) is 6.78. The number of hydrogen-bond donors (Lipinski definition) is 2. The van der Waals surface area contributed by atoms with Crippen molar-refractivity contribution in [1.29, 1.82) is 0 Å². The first kappa shape index (κ1) is 16.3. The van der Waals surface area contributed by atoms with E-state index in [1.807, 2.05) is 6.92 Å². The van der Waals surface area contributed by atoms with Gasteiger partial charge in [0, 0.05) is 5.69 Å². The van der Waals surface area contributed by atoms with Crippen molar-refractivity contribution in [2.24, 2.45) is 0 Å². The van der Waals surface area contributed by atoms with E-state index in [9.17, 15) is 8.42 Å². The fourth-order valence-electron chi connectivity index (χ4n) is 1.90. The number of rotatable bonds is 6. The molecule has 22 heavy (non-hydrogen) atoms. The molecule has 2 aromatic carbocycles. The van der Waals surface area contributed by atoms with Crippen LogP contribution in [0.5, 0.6) is 5.75 Å². The van der Waals surface area contributed by atoms with Crippen molar-refractivity contribution in [1.82, 2.24) is 0 Å². The van der Waals surface area contributed by atoms with Crippen LogP contribution in [0.2, 0.25) is 0 Å². The van der Waals surface area contributed by atoms with Crippen LogP contribution in [0.4, 0.5) is 5.69 Å². The number of ether oxygens (including phenoxy) is 1. The van der Waals surface area contributed by atoms with Crippen LogP contribution < -0.4 is 10.5 Å². The fourth-order valence-corrected chi connectivity index (χ4v) is 2.36. The van der Waals surface area contributed by atoms with Crippen molar-refractivity contribution in [3.8, 4) is 5.75 Å². The Morgan fingerprint density at radius 1 is 1.18 bits per heavy atom. The highest BCUT2D eigenvalue weighted by Crippen LogP contribution is 2.23. The zero-order valence-electron chi connectivity index (χ0n) is 12.0. The van der Waals surface area contributed by atoms with E-state index in [1.165, 1.54) is 0 Å². The van der Waals surface area contributed by atoms with Gasteiger partial charge in [-0.2, -0.15) is 8.42 Å². The summed E-state index contributed by atoms with van der Waals surface area (Å²) in [6.07, 6.45) is -0.950. The summed E-state index contributed by atoms with van der Waals surface area (Å²) in [6.45, 7) is 1.76. The summed E-state index contributed by atoms with van der Waals surface area (Å²) in [6, 6.07) is 13.8. The van der Waals surface area contributed by atoms with Crippen LogP contribution in [0.3, 0.4) is 0 Å². The first-order valence-electron chi connectivity index (χ1n) is 6.55. The van der Waals surface area contributed by atoms with E-state index in [1.54, 1.807) is 48.5 Å². The van der Waals surface area contributed by atoms with Gasteiger partial charge in [-0.25, -0.2) is 4.18 Å². The molecule has 1 atom stereocenters. The van der Waals surface area contributed by atoms with Gasteiger partial charge in [-0.05, 0) is 36.2 Å². The molecule has 118 valence electrons. The van der Waals surface area contributed by atoms with Gasteiger partial charge in [-0.3, -0.25) is 4.55 Å². The molecule has 7 heteroatoms. The van der Waals surface area contributed by atoms with Crippen molar-refractivity contribution in [2.45, 2.75) is 13.0 Å². The minimum absolute atomic E-state index is 0.0762. The first-order chi connectivity index (χ1) is 10.3. The molecule has 0 heterocycles. The lowest BCUT2D eigenvalue weighted by atomic mass is 10.1. The SMILES string of the molecule is Cc1cc(OCC(OS(=O)(=O)O)c2ccccc2)ccc1N. The molecule has 0 aromatic heterocycles. The topological polar surface area (TPSA) is 98.8 Å². The molecule has 0 fully saturated rings. The number of aryl methyl sites for hydroxylation is 1. The van der Waals surface area contributed by atoms with Gasteiger partial charge in [0.1, 0.15) is 18.5 Å². The number of anilines is 1. The van der Waals surface area contributed by atoms with Crippen molar-refractivity contribution < 1.29 is 21.9 Å². The molecule has 0 bridgehead atoms. The molecule has 2 aromatic rings. The van der Waals surface area contributed by atoms with E-state index in [0.717, 1.165) is 5.56 Å². The predicted molar refractivity (Wildman–Crippen MR) is 82.9 cm³/mol. The Kier molecular flexibility index (Phi) is 5.02. The van der Waals surface area contributed by atoms with Gasteiger partial charge in [0.2, 0.25) is 0 Å². The van der Waals surface area contributed by atoms with Gasteiger partial charge in [0.25, 0.3) is 0 Å². The molecule has 0 saturated heterocycles. The Morgan fingerprint density at radius 2 is 1.86 bits per heavy atom. The van der Waals surface area contributed by atoms with Gasteiger partial charge in [0.15, 0.2) is 0 Å². The van der Waals surface area contributed by atoms with Crippen LogP contribution in [0.25, 0.3) is 0 Å². The van der Waals surface area contributed by atoms with Crippen LogP contribution in [0, 0.1) is 6.92 Å². The standard InChI is InChI=1S/C15H17NO5S/c1-11-9-13(7-8-14(11)16)20-10-15(21-22(17,18)19)12-5-3-2-4-6-12/h2-9,15H,10,16H2,1H3,(H,17,18,19). The van der Waals surface area contributed by atoms with Crippen LogP contribution in [-0.4, -0.2) is 19.6 Å². The molecule has 0 saturated carbocycles. The average molecular weight is 323 g/mol. The quantitative estimate of drug-likeness (QED) is 0.626. The highest BCUT2D eigenvalue weighted by Gasteiger charge is 2.20. The predicted octanol–water partition coefficient (Wildman–Crippen LogP) is 2.52. The Bertz CT molecular complexity index is 731. The van der Waals surface area contributed by atoms with Gasteiger partial charge >= 0.3 is 10.4 Å². The summed E-state index contributed by atoms with van der Waals surface area (Å²) in [4.78, 5) is 0. The highest BCUT2D eigenvalue weighted by molar-refractivity contribution is 7.80. The lowest BCUT2D eigenvalue weighted by Crippen LogP contribution is -2.18. The third-order valence-electron chi connectivity index (χ3n) is 3.05. The smallest absolute Gasteiger partial charge is 0.398 e. The minimum Gasteiger partial charge on any atom is -0.490 e. The molecule has 0 amide bonds. The fraction of sp³-hybridized carbons (Fsp3) is 0.200. The normalized spacial score (nSPS) is 12.8. The summed E-state index contributed by atoms with van der Waals surface area (Å²) < 4.78 is 41.1. The largest absolute Gasteiger partial charge is 0.490 e. The summed E-state index contributed by atoms with van der Waals surface area (Å²) in [5, 5.41) is 0. The second-order valence-corrected chi connectivity index (χ2v) is 5.80. The van der Waals surface area contributed by atoms with Crippen LogP contribution in [0.1, 0.15) is 17.2 Å². The number of nitrogens with two attached hydrogens (primary N) is 1. The zero-order valence-corrected chi connectivity index (χ0v) is 12.8. The third kappa shape index (κ3) is 4.73. The number of hydrogen-bond acceptors (Lipinski definition) is 5. The Balaban J connectivity index is 2.14. The molecule has 1 unspecified atom stereocenters. The molecular formula is C15H17NO5S. The summed E-state index contributed by atoms with van der Waals surface area (Å²) in [5.74, 6) is 0.534. The Morgan fingerprint density at radius 3 is 2.45 bits per heavy atom. The molecule has 3 N–H and O–H groups in total. The van der Waals surface area contributed by atoms with Gasteiger partial charge in [0.05, 0.1) is 0 Å². The number of benzene rings is 2. The maximum Gasteiger partial charge on any atom is 0.398 e.